The SMILES string of the molecule is CC(C)c1cc(N2CCNC(c3ccccc3I)C2)nc(N)n1. The molecule has 122 valence electrons. The third-order valence-electron chi connectivity index (χ3n) is 4.12. The van der Waals surface area contributed by atoms with Gasteiger partial charge in [0.25, 0.3) is 0 Å². The van der Waals surface area contributed by atoms with Gasteiger partial charge in [-0.3, -0.25) is 0 Å². The zero-order valence-corrected chi connectivity index (χ0v) is 15.6. The number of nitrogens with two attached hydrogens (primary N) is 1. The molecule has 1 fully saturated rings. The fourth-order valence-corrected chi connectivity index (χ4v) is 3.62. The van der Waals surface area contributed by atoms with Crippen LogP contribution in [0.2, 0.25) is 0 Å². The first kappa shape index (κ1) is 16.4. The van der Waals surface area contributed by atoms with Crippen molar-refractivity contribution in [3.8, 4) is 0 Å². The Labute approximate surface area is 150 Å². The molecule has 6 heteroatoms. The summed E-state index contributed by atoms with van der Waals surface area (Å²) in [5.74, 6) is 1.63. The smallest absolute Gasteiger partial charge is 0.222 e. The minimum atomic E-state index is 0.301. The van der Waals surface area contributed by atoms with Gasteiger partial charge in [0.2, 0.25) is 5.95 Å². The van der Waals surface area contributed by atoms with Crippen LogP contribution < -0.4 is 16.0 Å². The molecule has 1 unspecified atom stereocenters. The summed E-state index contributed by atoms with van der Waals surface area (Å²) in [5.41, 5.74) is 8.24. The number of halogens is 1. The summed E-state index contributed by atoms with van der Waals surface area (Å²) in [6, 6.07) is 10.9. The third kappa shape index (κ3) is 3.74. The molecule has 0 bridgehead atoms. The Morgan fingerprint density at radius 1 is 1.30 bits per heavy atom. The summed E-state index contributed by atoms with van der Waals surface area (Å²) in [7, 11) is 0. The van der Waals surface area contributed by atoms with Gasteiger partial charge in [-0.05, 0) is 40.1 Å². The molecule has 3 rings (SSSR count). The summed E-state index contributed by atoms with van der Waals surface area (Å²) in [6.07, 6.45) is 0. The van der Waals surface area contributed by atoms with Gasteiger partial charge in [-0.15, -0.1) is 0 Å². The van der Waals surface area contributed by atoms with Gasteiger partial charge in [0, 0.05) is 29.3 Å². The Kier molecular flexibility index (Phi) is 5.01. The minimum absolute atomic E-state index is 0.301. The van der Waals surface area contributed by atoms with Gasteiger partial charge in [0.15, 0.2) is 0 Å². The maximum absolute atomic E-state index is 5.91. The van der Waals surface area contributed by atoms with E-state index in [4.69, 9.17) is 5.73 Å². The van der Waals surface area contributed by atoms with Crippen molar-refractivity contribution in [3.05, 3.63) is 45.2 Å². The second-order valence-electron chi connectivity index (χ2n) is 6.14. The van der Waals surface area contributed by atoms with Crippen molar-refractivity contribution < 1.29 is 0 Å². The number of rotatable bonds is 3. The van der Waals surface area contributed by atoms with E-state index in [9.17, 15) is 0 Å². The molecule has 1 saturated heterocycles. The average Bonchev–Trinajstić information content (AvgIpc) is 2.55. The normalized spacial score (nSPS) is 18.4. The molecule has 1 aliphatic heterocycles. The number of nitrogen functional groups attached to an aromatic ring is 1. The van der Waals surface area contributed by atoms with Crippen LogP contribution >= 0.6 is 22.6 Å². The number of piperazine rings is 1. The van der Waals surface area contributed by atoms with Gasteiger partial charge < -0.3 is 16.0 Å². The summed E-state index contributed by atoms with van der Waals surface area (Å²) in [5, 5.41) is 3.61. The van der Waals surface area contributed by atoms with E-state index < -0.39 is 0 Å². The lowest BCUT2D eigenvalue weighted by Gasteiger charge is -2.35. The monoisotopic (exact) mass is 423 g/mol. The molecule has 0 amide bonds. The molecule has 0 radical (unpaired) electrons. The number of aromatic nitrogens is 2. The lowest BCUT2D eigenvalue weighted by Crippen LogP contribution is -2.46. The predicted molar refractivity (Wildman–Crippen MR) is 103 cm³/mol. The highest BCUT2D eigenvalue weighted by Gasteiger charge is 2.23. The number of nitrogens with zero attached hydrogens (tertiary/aromatic N) is 3. The molecule has 3 N–H and O–H groups in total. The van der Waals surface area contributed by atoms with Gasteiger partial charge in [-0.25, -0.2) is 4.98 Å². The number of hydrogen-bond acceptors (Lipinski definition) is 5. The molecular weight excluding hydrogens is 401 g/mol. The number of hydrogen-bond donors (Lipinski definition) is 2. The topological polar surface area (TPSA) is 67.1 Å². The molecule has 1 atom stereocenters. The fourth-order valence-electron chi connectivity index (χ4n) is 2.85. The summed E-state index contributed by atoms with van der Waals surface area (Å²) in [4.78, 5) is 11.1. The molecule has 0 spiro atoms. The van der Waals surface area contributed by atoms with Crippen LogP contribution in [0.1, 0.15) is 37.1 Å². The first-order valence-corrected chi connectivity index (χ1v) is 8.99. The van der Waals surface area contributed by atoms with E-state index in [0.29, 0.717) is 17.9 Å². The van der Waals surface area contributed by atoms with Crippen LogP contribution in [0.3, 0.4) is 0 Å². The van der Waals surface area contributed by atoms with Crippen molar-refractivity contribution in [2.75, 3.05) is 30.3 Å². The van der Waals surface area contributed by atoms with Gasteiger partial charge >= 0.3 is 0 Å². The first-order chi connectivity index (χ1) is 11.0. The van der Waals surface area contributed by atoms with Crippen molar-refractivity contribution in [1.29, 1.82) is 0 Å². The van der Waals surface area contributed by atoms with Gasteiger partial charge in [-0.1, -0.05) is 32.0 Å². The Morgan fingerprint density at radius 2 is 2.09 bits per heavy atom. The van der Waals surface area contributed by atoms with Crippen LogP contribution in [-0.4, -0.2) is 29.6 Å². The molecule has 1 aliphatic rings. The largest absolute Gasteiger partial charge is 0.368 e. The third-order valence-corrected chi connectivity index (χ3v) is 5.10. The highest BCUT2D eigenvalue weighted by Crippen LogP contribution is 2.26. The van der Waals surface area contributed by atoms with Gasteiger partial charge in [-0.2, -0.15) is 4.98 Å². The van der Waals surface area contributed by atoms with Crippen molar-refractivity contribution in [1.82, 2.24) is 15.3 Å². The van der Waals surface area contributed by atoms with E-state index in [2.05, 4.69) is 87.0 Å². The molecule has 0 aliphatic carbocycles. The second kappa shape index (κ2) is 7.00. The van der Waals surface area contributed by atoms with Crippen LogP contribution in [0.15, 0.2) is 30.3 Å². The number of nitrogens with one attached hydrogen (secondary N) is 1. The maximum atomic E-state index is 5.91. The highest BCUT2D eigenvalue weighted by atomic mass is 127. The zero-order chi connectivity index (χ0) is 16.4. The highest BCUT2D eigenvalue weighted by molar-refractivity contribution is 14.1. The lowest BCUT2D eigenvalue weighted by molar-refractivity contribution is 0.468. The first-order valence-electron chi connectivity index (χ1n) is 7.92. The van der Waals surface area contributed by atoms with E-state index >= 15 is 0 Å². The molecule has 23 heavy (non-hydrogen) atoms. The molecule has 1 aromatic carbocycles. The molecule has 2 heterocycles. The summed E-state index contributed by atoms with van der Waals surface area (Å²) >= 11 is 2.40. The van der Waals surface area contributed by atoms with E-state index in [1.165, 1.54) is 9.13 Å². The second-order valence-corrected chi connectivity index (χ2v) is 7.30. The lowest BCUT2D eigenvalue weighted by atomic mass is 10.0. The molecule has 0 saturated carbocycles. The Morgan fingerprint density at radius 3 is 2.83 bits per heavy atom. The maximum Gasteiger partial charge on any atom is 0.222 e. The van der Waals surface area contributed by atoms with Crippen molar-refractivity contribution in [3.63, 3.8) is 0 Å². The van der Waals surface area contributed by atoms with Crippen molar-refractivity contribution in [2.45, 2.75) is 25.8 Å². The Balaban J connectivity index is 1.85. The summed E-state index contributed by atoms with van der Waals surface area (Å²) < 4.78 is 1.29. The van der Waals surface area contributed by atoms with Gasteiger partial charge in [0.1, 0.15) is 5.82 Å². The van der Waals surface area contributed by atoms with Crippen LogP contribution in [0.25, 0.3) is 0 Å². The predicted octanol–water partition coefficient (Wildman–Crippen LogP) is 2.94. The number of anilines is 2. The zero-order valence-electron chi connectivity index (χ0n) is 13.5. The Hall–Kier alpha value is -1.41. The van der Waals surface area contributed by atoms with E-state index in [1.807, 2.05) is 0 Å². The molecular formula is C17H22IN5. The minimum Gasteiger partial charge on any atom is -0.368 e. The quantitative estimate of drug-likeness (QED) is 0.744. The standard InChI is InChI=1S/C17H22IN5/c1-11(2)14-9-16(22-17(19)21-14)23-8-7-20-15(10-23)12-5-3-4-6-13(12)18/h3-6,9,11,15,20H,7-8,10H2,1-2H3,(H2,19,21,22). The van der Waals surface area contributed by atoms with Crippen LogP contribution in [-0.2, 0) is 0 Å². The van der Waals surface area contributed by atoms with Gasteiger partial charge in [0.05, 0.1) is 11.7 Å². The van der Waals surface area contributed by atoms with E-state index in [1.54, 1.807) is 0 Å². The fraction of sp³-hybridized carbons (Fsp3) is 0.412. The Bertz CT molecular complexity index is 688. The molecule has 2 aromatic rings. The van der Waals surface area contributed by atoms with Crippen molar-refractivity contribution in [2.24, 2.45) is 0 Å². The molecule has 5 nitrogen and oxygen atoms in total. The average molecular weight is 423 g/mol. The van der Waals surface area contributed by atoms with E-state index in [-0.39, 0.29) is 0 Å². The van der Waals surface area contributed by atoms with Crippen LogP contribution in [0, 0.1) is 3.57 Å². The summed E-state index contributed by atoms with van der Waals surface area (Å²) in [6.45, 7) is 6.98. The van der Waals surface area contributed by atoms with Crippen molar-refractivity contribution >= 4 is 34.4 Å². The molecule has 1 aromatic heterocycles. The number of benzene rings is 1. The van der Waals surface area contributed by atoms with E-state index in [0.717, 1.165) is 31.1 Å². The van der Waals surface area contributed by atoms with Crippen LogP contribution in [0.5, 0.6) is 0 Å². The van der Waals surface area contributed by atoms with Crippen LogP contribution in [0.4, 0.5) is 11.8 Å².